The van der Waals surface area contributed by atoms with Crippen LogP contribution in [0.25, 0.3) is 0 Å². The van der Waals surface area contributed by atoms with Gasteiger partial charge in [-0.1, -0.05) is 0 Å². The number of rotatable bonds is 4. The fraction of sp³-hybridized carbons (Fsp3) is 0.286. The Hall–Kier alpha value is -2.50. The largest absolute Gasteiger partial charge is 0.452 e. The molecule has 0 spiro atoms. The number of nitrogen functional groups attached to an aromatic ring is 1. The quantitative estimate of drug-likeness (QED) is 0.865. The molecule has 6 nitrogen and oxygen atoms in total. The first-order valence-corrected chi connectivity index (χ1v) is 6.32. The first-order valence-electron chi connectivity index (χ1n) is 6.32. The van der Waals surface area contributed by atoms with Gasteiger partial charge in [-0.3, -0.25) is 9.48 Å². The van der Waals surface area contributed by atoms with E-state index in [4.69, 9.17) is 10.5 Å². The van der Waals surface area contributed by atoms with Crippen LogP contribution >= 0.6 is 0 Å². The van der Waals surface area contributed by atoms with E-state index in [0.717, 1.165) is 6.54 Å². The van der Waals surface area contributed by atoms with Gasteiger partial charge in [0.15, 0.2) is 11.5 Å². The van der Waals surface area contributed by atoms with Crippen molar-refractivity contribution in [3.05, 3.63) is 36.2 Å². The zero-order valence-corrected chi connectivity index (χ0v) is 11.8. The number of nitrogens with zero attached hydrogens (tertiary/aromatic N) is 3. The van der Waals surface area contributed by atoms with E-state index in [9.17, 15) is 4.79 Å². The summed E-state index contributed by atoms with van der Waals surface area (Å²) in [6.07, 6.45) is 3.39. The first-order chi connectivity index (χ1) is 9.51. The summed E-state index contributed by atoms with van der Waals surface area (Å²) < 4.78 is 7.43. The molecule has 20 heavy (non-hydrogen) atoms. The van der Waals surface area contributed by atoms with Crippen molar-refractivity contribution < 1.29 is 9.53 Å². The zero-order chi connectivity index (χ0) is 14.7. The summed E-state index contributed by atoms with van der Waals surface area (Å²) in [5, 5.41) is 4.12. The third-order valence-electron chi connectivity index (χ3n) is 2.83. The molecular formula is C14H18N4O2. The second-order valence-corrected chi connectivity index (χ2v) is 4.59. The van der Waals surface area contributed by atoms with Crippen molar-refractivity contribution in [2.24, 2.45) is 0 Å². The summed E-state index contributed by atoms with van der Waals surface area (Å²) in [5.41, 5.74) is 6.88. The van der Waals surface area contributed by atoms with Crippen LogP contribution in [0.4, 0.5) is 5.69 Å². The van der Waals surface area contributed by atoms with Gasteiger partial charge in [0.05, 0.1) is 18.1 Å². The molecule has 0 aliphatic carbocycles. The Labute approximate surface area is 117 Å². The predicted molar refractivity (Wildman–Crippen MR) is 76.8 cm³/mol. The molecule has 1 amide bonds. The normalized spacial score (nSPS) is 10.3. The highest BCUT2D eigenvalue weighted by atomic mass is 16.5. The van der Waals surface area contributed by atoms with E-state index in [0.29, 0.717) is 22.7 Å². The van der Waals surface area contributed by atoms with Crippen molar-refractivity contribution in [1.29, 1.82) is 0 Å². The highest BCUT2D eigenvalue weighted by molar-refractivity contribution is 5.94. The SMILES string of the molecule is CCn1cc(Oc2cc(C(=O)N(C)C)ccc2N)cn1. The predicted octanol–water partition coefficient (Wildman–Crippen LogP) is 1.98. The summed E-state index contributed by atoms with van der Waals surface area (Å²) in [7, 11) is 3.40. The van der Waals surface area contributed by atoms with Crippen molar-refractivity contribution >= 4 is 11.6 Å². The fourth-order valence-electron chi connectivity index (χ4n) is 1.71. The lowest BCUT2D eigenvalue weighted by atomic mass is 10.1. The van der Waals surface area contributed by atoms with E-state index in [-0.39, 0.29) is 5.91 Å². The van der Waals surface area contributed by atoms with Gasteiger partial charge in [-0.2, -0.15) is 5.10 Å². The van der Waals surface area contributed by atoms with Crippen molar-refractivity contribution in [3.63, 3.8) is 0 Å². The van der Waals surface area contributed by atoms with Crippen molar-refractivity contribution in [1.82, 2.24) is 14.7 Å². The molecule has 0 fully saturated rings. The Morgan fingerprint density at radius 2 is 2.20 bits per heavy atom. The average Bonchev–Trinajstić information content (AvgIpc) is 2.88. The molecule has 0 atom stereocenters. The van der Waals surface area contributed by atoms with Crippen molar-refractivity contribution in [3.8, 4) is 11.5 Å². The van der Waals surface area contributed by atoms with E-state index in [1.54, 1.807) is 49.4 Å². The minimum absolute atomic E-state index is 0.0981. The maximum atomic E-state index is 11.9. The Bertz CT molecular complexity index is 619. The van der Waals surface area contributed by atoms with E-state index in [2.05, 4.69) is 5.10 Å². The minimum Gasteiger partial charge on any atom is -0.452 e. The summed E-state index contributed by atoms with van der Waals surface area (Å²) >= 11 is 0. The molecular weight excluding hydrogens is 256 g/mol. The van der Waals surface area contributed by atoms with E-state index in [1.165, 1.54) is 4.90 Å². The highest BCUT2D eigenvalue weighted by Gasteiger charge is 2.12. The van der Waals surface area contributed by atoms with Crippen LogP contribution in [0.3, 0.4) is 0 Å². The van der Waals surface area contributed by atoms with Gasteiger partial charge in [0.25, 0.3) is 5.91 Å². The van der Waals surface area contributed by atoms with Gasteiger partial charge in [-0.05, 0) is 25.1 Å². The maximum Gasteiger partial charge on any atom is 0.253 e. The number of nitrogens with two attached hydrogens (primary N) is 1. The lowest BCUT2D eigenvalue weighted by Gasteiger charge is -2.12. The molecule has 2 N–H and O–H groups in total. The Kier molecular flexibility index (Phi) is 3.93. The molecule has 0 unspecified atom stereocenters. The maximum absolute atomic E-state index is 11.9. The number of anilines is 1. The Morgan fingerprint density at radius 1 is 1.45 bits per heavy atom. The summed E-state index contributed by atoms with van der Waals surface area (Å²) in [6, 6.07) is 4.98. The van der Waals surface area contributed by atoms with Gasteiger partial charge in [0, 0.05) is 26.2 Å². The van der Waals surface area contributed by atoms with Crippen LogP contribution in [-0.4, -0.2) is 34.7 Å². The van der Waals surface area contributed by atoms with Crippen molar-refractivity contribution in [2.75, 3.05) is 19.8 Å². The van der Waals surface area contributed by atoms with Crippen LogP contribution in [0.1, 0.15) is 17.3 Å². The van der Waals surface area contributed by atoms with Crippen LogP contribution in [0.2, 0.25) is 0 Å². The van der Waals surface area contributed by atoms with Gasteiger partial charge in [0.2, 0.25) is 0 Å². The standard InChI is InChI=1S/C14H18N4O2/c1-4-18-9-11(8-16-18)20-13-7-10(5-6-12(13)15)14(19)17(2)3/h5-9H,4,15H2,1-3H3. The third kappa shape index (κ3) is 2.90. The molecule has 0 aliphatic rings. The van der Waals surface area contributed by atoms with Gasteiger partial charge in [-0.15, -0.1) is 0 Å². The molecule has 6 heteroatoms. The van der Waals surface area contributed by atoms with Crippen molar-refractivity contribution in [2.45, 2.75) is 13.5 Å². The van der Waals surface area contributed by atoms with Crippen LogP contribution in [0, 0.1) is 0 Å². The first kappa shape index (κ1) is 13.9. The third-order valence-corrected chi connectivity index (χ3v) is 2.83. The fourth-order valence-corrected chi connectivity index (χ4v) is 1.71. The second kappa shape index (κ2) is 5.64. The number of amides is 1. The number of carbonyl (C=O) groups is 1. The average molecular weight is 274 g/mol. The number of hydrogen-bond acceptors (Lipinski definition) is 4. The summed E-state index contributed by atoms with van der Waals surface area (Å²) in [5.74, 6) is 0.945. The van der Waals surface area contributed by atoms with Gasteiger partial charge < -0.3 is 15.4 Å². The molecule has 1 heterocycles. The number of aromatic nitrogens is 2. The smallest absolute Gasteiger partial charge is 0.253 e. The summed E-state index contributed by atoms with van der Waals surface area (Å²) in [6.45, 7) is 2.75. The molecule has 1 aromatic heterocycles. The Balaban J connectivity index is 2.26. The lowest BCUT2D eigenvalue weighted by molar-refractivity contribution is 0.0827. The van der Waals surface area contributed by atoms with E-state index < -0.39 is 0 Å². The van der Waals surface area contributed by atoms with Crippen LogP contribution in [0.15, 0.2) is 30.6 Å². The Morgan fingerprint density at radius 3 is 2.80 bits per heavy atom. The number of ether oxygens (including phenoxy) is 1. The number of carbonyl (C=O) groups excluding carboxylic acids is 1. The van der Waals surface area contributed by atoms with Gasteiger partial charge >= 0.3 is 0 Å². The molecule has 106 valence electrons. The molecule has 0 radical (unpaired) electrons. The molecule has 2 rings (SSSR count). The van der Waals surface area contributed by atoms with E-state index in [1.807, 2.05) is 6.92 Å². The number of benzene rings is 1. The monoisotopic (exact) mass is 274 g/mol. The van der Waals surface area contributed by atoms with Gasteiger partial charge in [-0.25, -0.2) is 0 Å². The van der Waals surface area contributed by atoms with Gasteiger partial charge in [0.1, 0.15) is 0 Å². The van der Waals surface area contributed by atoms with Crippen LogP contribution in [-0.2, 0) is 6.54 Å². The van der Waals surface area contributed by atoms with Crippen LogP contribution in [0.5, 0.6) is 11.5 Å². The van der Waals surface area contributed by atoms with E-state index >= 15 is 0 Å². The van der Waals surface area contributed by atoms with Crippen LogP contribution < -0.4 is 10.5 Å². The molecule has 0 saturated heterocycles. The highest BCUT2D eigenvalue weighted by Crippen LogP contribution is 2.28. The minimum atomic E-state index is -0.0981. The molecule has 0 aliphatic heterocycles. The zero-order valence-electron chi connectivity index (χ0n) is 11.8. The lowest BCUT2D eigenvalue weighted by Crippen LogP contribution is -2.21. The molecule has 1 aromatic carbocycles. The second-order valence-electron chi connectivity index (χ2n) is 4.59. The number of aryl methyl sites for hydroxylation is 1. The topological polar surface area (TPSA) is 73.4 Å². The molecule has 0 bridgehead atoms. The molecule has 0 saturated carbocycles. The number of hydrogen-bond donors (Lipinski definition) is 1. The molecule has 2 aromatic rings. The summed E-state index contributed by atoms with van der Waals surface area (Å²) in [4.78, 5) is 13.4.